The number of halogens is 1. The van der Waals surface area contributed by atoms with E-state index in [1.807, 2.05) is 53.8 Å². The molecule has 0 bridgehead atoms. The molecule has 1 saturated heterocycles. The van der Waals surface area contributed by atoms with Crippen LogP contribution in [-0.2, 0) is 11.3 Å². The summed E-state index contributed by atoms with van der Waals surface area (Å²) in [5.74, 6) is -0.132. The fraction of sp³-hybridized carbons (Fsp3) is 0.429. The van der Waals surface area contributed by atoms with Crippen LogP contribution in [0, 0.1) is 0 Å². The van der Waals surface area contributed by atoms with Gasteiger partial charge in [0.15, 0.2) is 22.5 Å². The van der Waals surface area contributed by atoms with E-state index >= 15 is 0 Å². The normalized spacial score (nSPS) is 16.2. The summed E-state index contributed by atoms with van der Waals surface area (Å²) >= 11 is 5.91. The number of hydrogen-bond donors (Lipinski definition) is 3. The summed E-state index contributed by atoms with van der Waals surface area (Å²) in [5, 5.41) is 3.52. The minimum absolute atomic E-state index is 0.0388. The third-order valence-corrected chi connectivity index (χ3v) is 8.30. The van der Waals surface area contributed by atoms with E-state index in [4.69, 9.17) is 28.1 Å². The van der Waals surface area contributed by atoms with Gasteiger partial charge in [0, 0.05) is 55.3 Å². The van der Waals surface area contributed by atoms with Crippen molar-refractivity contribution in [2.24, 2.45) is 4.99 Å². The molecule has 0 aliphatic carbocycles. The maximum atomic E-state index is 13.6. The molecule has 2 aliphatic rings. The second kappa shape index (κ2) is 11.4. The highest BCUT2D eigenvalue weighted by Crippen LogP contribution is 2.36. The van der Waals surface area contributed by atoms with E-state index in [1.54, 1.807) is 4.90 Å². The zero-order valence-corrected chi connectivity index (χ0v) is 23.9. The number of benzene rings is 1. The summed E-state index contributed by atoms with van der Waals surface area (Å²) in [6.45, 7) is 6.58. The van der Waals surface area contributed by atoms with Crippen LogP contribution in [0.15, 0.2) is 35.5 Å². The Morgan fingerprint density at radius 2 is 1.78 bits per heavy atom. The lowest BCUT2D eigenvalue weighted by Crippen LogP contribution is -2.45. The lowest BCUT2D eigenvalue weighted by Gasteiger charge is -2.37. The maximum absolute atomic E-state index is 13.6. The number of aromatic nitrogens is 3. The van der Waals surface area contributed by atoms with Crippen LogP contribution in [0.3, 0.4) is 0 Å². The second-order valence-corrected chi connectivity index (χ2v) is 10.8. The van der Waals surface area contributed by atoms with Gasteiger partial charge in [-0.1, -0.05) is 17.7 Å². The van der Waals surface area contributed by atoms with E-state index in [-0.39, 0.29) is 46.4 Å². The molecule has 3 aromatic rings. The van der Waals surface area contributed by atoms with Crippen LogP contribution >= 0.6 is 11.6 Å². The van der Waals surface area contributed by atoms with Crippen molar-refractivity contribution in [3.05, 3.63) is 46.9 Å². The van der Waals surface area contributed by atoms with Crippen LogP contribution in [0.5, 0.6) is 0 Å². The number of anilines is 2. The first kappa shape index (κ1) is 28.3. The number of nitrogen functional groups attached to an aromatic ring is 2. The van der Waals surface area contributed by atoms with Crippen molar-refractivity contribution in [1.82, 2.24) is 29.7 Å². The topological polar surface area (TPSA) is 165 Å². The number of carbonyl (C=O) groups is 3. The summed E-state index contributed by atoms with van der Waals surface area (Å²) < 4.78 is 1.90. The lowest BCUT2D eigenvalue weighted by molar-refractivity contribution is -0.131. The monoisotopic (exact) mass is 579 g/mol. The van der Waals surface area contributed by atoms with Gasteiger partial charge in [-0.05, 0) is 51.3 Å². The molecular formula is C28H34ClN9O3. The van der Waals surface area contributed by atoms with E-state index in [0.29, 0.717) is 56.8 Å². The number of amidine groups is 1. The van der Waals surface area contributed by atoms with Gasteiger partial charge in [0.05, 0.1) is 5.54 Å². The van der Waals surface area contributed by atoms with Gasteiger partial charge in [0.1, 0.15) is 12.4 Å². The molecule has 2 aromatic heterocycles. The molecule has 216 valence electrons. The molecule has 1 fully saturated rings. The average molecular weight is 580 g/mol. The minimum Gasteiger partial charge on any atom is -0.382 e. The number of nitrogens with two attached hydrogens (primary N) is 2. The Morgan fingerprint density at radius 3 is 2.49 bits per heavy atom. The van der Waals surface area contributed by atoms with Crippen LogP contribution in [0.25, 0.3) is 10.9 Å². The van der Waals surface area contributed by atoms with Crippen molar-refractivity contribution in [2.45, 2.75) is 51.6 Å². The molecule has 0 saturated carbocycles. The molecule has 3 amide bonds. The predicted octanol–water partition coefficient (Wildman–Crippen LogP) is 2.71. The van der Waals surface area contributed by atoms with Crippen LogP contribution in [0.2, 0.25) is 5.15 Å². The summed E-state index contributed by atoms with van der Waals surface area (Å²) in [7, 11) is 0. The van der Waals surface area contributed by atoms with Crippen LogP contribution in [0.1, 0.15) is 60.4 Å². The molecule has 4 heterocycles. The Labute approximate surface area is 242 Å². The number of piperidine rings is 1. The average Bonchev–Trinajstić information content (AvgIpc) is 3.55. The van der Waals surface area contributed by atoms with Gasteiger partial charge in [-0.25, -0.2) is 9.97 Å². The molecule has 0 unspecified atom stereocenters. The summed E-state index contributed by atoms with van der Waals surface area (Å²) in [4.78, 5) is 55.3. The van der Waals surface area contributed by atoms with Gasteiger partial charge in [-0.2, -0.15) is 0 Å². The molecule has 0 radical (unpaired) electrons. The maximum Gasteiger partial charge on any atom is 0.279 e. The fourth-order valence-corrected chi connectivity index (χ4v) is 5.79. The van der Waals surface area contributed by atoms with Gasteiger partial charge in [-0.3, -0.25) is 19.4 Å². The molecule has 1 aromatic carbocycles. The number of rotatable bonds is 6. The largest absolute Gasteiger partial charge is 0.382 e. The molecule has 0 atom stereocenters. The number of carbonyl (C=O) groups excluding carboxylic acids is 3. The molecular weight excluding hydrogens is 546 g/mol. The highest BCUT2D eigenvalue weighted by atomic mass is 35.5. The standard InChI is InChI=1S/C28H34ClN9O3/c1-3-36(4-2)21(39)16-38-13-9-17-18(6-5-7-19(17)38)27(41)37-14-11-28(12-15-37)10-8-20(35-28)32-26(40)22-24(30)34-25(31)23(29)33-22/h5-7,9,13H,3-4,8,10-12,14-16H2,1-2H3,(H4,30,31,34)(H,32,35,40). The number of amides is 3. The van der Waals surface area contributed by atoms with Crippen molar-refractivity contribution < 1.29 is 14.4 Å². The van der Waals surface area contributed by atoms with E-state index in [0.717, 1.165) is 17.3 Å². The Balaban J connectivity index is 1.24. The minimum atomic E-state index is -0.542. The molecule has 5 rings (SSSR count). The first-order chi connectivity index (χ1) is 19.6. The van der Waals surface area contributed by atoms with Crippen molar-refractivity contribution in [1.29, 1.82) is 0 Å². The van der Waals surface area contributed by atoms with Crippen molar-refractivity contribution in [3.63, 3.8) is 0 Å². The van der Waals surface area contributed by atoms with E-state index in [1.165, 1.54) is 0 Å². The smallest absolute Gasteiger partial charge is 0.279 e. The van der Waals surface area contributed by atoms with E-state index < -0.39 is 5.91 Å². The van der Waals surface area contributed by atoms with Crippen molar-refractivity contribution in [2.75, 3.05) is 37.6 Å². The van der Waals surface area contributed by atoms with Crippen molar-refractivity contribution >= 4 is 57.7 Å². The molecule has 1 spiro atoms. The van der Waals surface area contributed by atoms with Crippen LogP contribution in [0.4, 0.5) is 11.6 Å². The number of hydrogen-bond acceptors (Lipinski definition) is 8. The second-order valence-electron chi connectivity index (χ2n) is 10.4. The van der Waals surface area contributed by atoms with Crippen LogP contribution in [-0.4, -0.2) is 79.6 Å². The summed E-state index contributed by atoms with van der Waals surface area (Å²) in [5.41, 5.74) is 12.4. The Kier molecular flexibility index (Phi) is 7.85. The third-order valence-electron chi connectivity index (χ3n) is 8.02. The molecule has 12 nitrogen and oxygen atoms in total. The molecule has 13 heteroatoms. The number of nitrogens with one attached hydrogen (secondary N) is 1. The number of nitrogens with zero attached hydrogens (tertiary/aromatic N) is 6. The number of aliphatic imine (C=N–C) groups is 1. The number of likely N-dealkylation sites (tertiary alicyclic amines) is 1. The summed E-state index contributed by atoms with van der Waals surface area (Å²) in [6, 6.07) is 7.55. The molecule has 5 N–H and O–H groups in total. The summed E-state index contributed by atoms with van der Waals surface area (Å²) in [6.07, 6.45) is 4.60. The Morgan fingerprint density at radius 1 is 1.05 bits per heavy atom. The first-order valence-corrected chi connectivity index (χ1v) is 14.2. The van der Waals surface area contributed by atoms with E-state index in [2.05, 4.69) is 15.3 Å². The highest BCUT2D eigenvalue weighted by molar-refractivity contribution is 6.31. The zero-order valence-electron chi connectivity index (χ0n) is 23.2. The predicted molar refractivity (Wildman–Crippen MR) is 158 cm³/mol. The lowest BCUT2D eigenvalue weighted by atomic mass is 9.85. The van der Waals surface area contributed by atoms with Gasteiger partial charge in [-0.15, -0.1) is 0 Å². The molecule has 41 heavy (non-hydrogen) atoms. The quantitative estimate of drug-likeness (QED) is 0.404. The van der Waals surface area contributed by atoms with Gasteiger partial charge < -0.3 is 31.2 Å². The zero-order chi connectivity index (χ0) is 29.3. The van der Waals surface area contributed by atoms with Gasteiger partial charge in [0.25, 0.3) is 11.8 Å². The van der Waals surface area contributed by atoms with Gasteiger partial charge in [0.2, 0.25) is 5.91 Å². The third kappa shape index (κ3) is 5.56. The van der Waals surface area contributed by atoms with Gasteiger partial charge >= 0.3 is 0 Å². The SMILES string of the molecule is CCN(CC)C(=O)Cn1ccc2c(C(=O)N3CCC4(CCC(NC(=O)c5nc(Cl)c(N)nc5N)=N4)CC3)cccc21. The Bertz CT molecular complexity index is 1540. The van der Waals surface area contributed by atoms with E-state index in [9.17, 15) is 14.4 Å². The van der Waals surface area contributed by atoms with Crippen LogP contribution < -0.4 is 16.8 Å². The fourth-order valence-electron chi connectivity index (χ4n) is 5.67. The molecule has 2 aliphatic heterocycles. The first-order valence-electron chi connectivity index (χ1n) is 13.8. The number of likely N-dealkylation sites (N-methyl/N-ethyl adjacent to an activating group) is 1. The highest BCUT2D eigenvalue weighted by Gasteiger charge is 2.40. The van der Waals surface area contributed by atoms with Crippen molar-refractivity contribution in [3.8, 4) is 0 Å². The Hall–Kier alpha value is -4.19. The number of fused-ring (bicyclic) bond motifs is 1.